The lowest BCUT2D eigenvalue weighted by Gasteiger charge is -2.04. The van der Waals surface area contributed by atoms with Gasteiger partial charge in [0.1, 0.15) is 5.69 Å². The van der Waals surface area contributed by atoms with Crippen LogP contribution in [0.1, 0.15) is 21.6 Å². The van der Waals surface area contributed by atoms with Crippen molar-refractivity contribution in [2.24, 2.45) is 0 Å². The van der Waals surface area contributed by atoms with Crippen LogP contribution >= 0.6 is 0 Å². The van der Waals surface area contributed by atoms with Gasteiger partial charge >= 0.3 is 0 Å². The molecule has 0 radical (unpaired) electrons. The Morgan fingerprint density at radius 1 is 1.22 bits per heavy atom. The maximum atomic E-state index is 11.8. The molecule has 0 fully saturated rings. The third-order valence-electron chi connectivity index (χ3n) is 2.46. The SMILES string of the molecule is C#Cc1ccc(C(=O)NCc2ccccc2)nc1. The molecule has 1 N–H and O–H groups in total. The molecular formula is C15H12N2O. The standard InChI is InChI=1S/C15H12N2O/c1-2-12-8-9-14(16-10-12)15(18)17-11-13-6-4-3-5-7-13/h1,3-10H,11H2,(H,17,18). The summed E-state index contributed by atoms with van der Waals surface area (Å²) in [7, 11) is 0. The molecule has 88 valence electrons. The fourth-order valence-corrected chi connectivity index (χ4v) is 1.48. The Morgan fingerprint density at radius 3 is 2.61 bits per heavy atom. The molecule has 1 amide bonds. The average molecular weight is 236 g/mol. The fraction of sp³-hybridized carbons (Fsp3) is 0.0667. The molecular weight excluding hydrogens is 224 g/mol. The number of nitrogens with one attached hydrogen (secondary N) is 1. The third kappa shape index (κ3) is 2.96. The van der Waals surface area contributed by atoms with E-state index in [1.165, 1.54) is 6.20 Å². The van der Waals surface area contributed by atoms with Crippen LogP contribution in [0.15, 0.2) is 48.7 Å². The second-order valence-electron chi connectivity index (χ2n) is 3.74. The number of aromatic nitrogens is 1. The summed E-state index contributed by atoms with van der Waals surface area (Å²) in [6, 6.07) is 13.0. The van der Waals surface area contributed by atoms with E-state index in [1.54, 1.807) is 12.1 Å². The number of carbonyl (C=O) groups is 1. The highest BCUT2D eigenvalue weighted by atomic mass is 16.1. The number of benzene rings is 1. The molecule has 2 rings (SSSR count). The Bertz CT molecular complexity index is 568. The van der Waals surface area contributed by atoms with Crippen molar-refractivity contribution in [3.8, 4) is 12.3 Å². The number of rotatable bonds is 3. The molecule has 0 unspecified atom stereocenters. The van der Waals surface area contributed by atoms with Gasteiger partial charge in [-0.15, -0.1) is 6.42 Å². The van der Waals surface area contributed by atoms with E-state index in [0.717, 1.165) is 5.56 Å². The Morgan fingerprint density at radius 2 is 2.00 bits per heavy atom. The Hall–Kier alpha value is -2.60. The van der Waals surface area contributed by atoms with Gasteiger partial charge in [0, 0.05) is 18.3 Å². The van der Waals surface area contributed by atoms with Crippen LogP contribution in [0.5, 0.6) is 0 Å². The number of pyridine rings is 1. The van der Waals surface area contributed by atoms with Crippen LogP contribution in [0.2, 0.25) is 0 Å². The van der Waals surface area contributed by atoms with E-state index < -0.39 is 0 Å². The maximum absolute atomic E-state index is 11.8. The number of hydrogen-bond acceptors (Lipinski definition) is 2. The van der Waals surface area contributed by atoms with Gasteiger partial charge in [-0.3, -0.25) is 4.79 Å². The van der Waals surface area contributed by atoms with E-state index in [-0.39, 0.29) is 5.91 Å². The summed E-state index contributed by atoms with van der Waals surface area (Å²) < 4.78 is 0. The van der Waals surface area contributed by atoms with Gasteiger partial charge in [0.05, 0.1) is 0 Å². The van der Waals surface area contributed by atoms with Gasteiger partial charge < -0.3 is 5.32 Å². The van der Waals surface area contributed by atoms with E-state index in [1.807, 2.05) is 30.3 Å². The van der Waals surface area contributed by atoms with Gasteiger partial charge in [0.2, 0.25) is 0 Å². The number of carbonyl (C=O) groups excluding carboxylic acids is 1. The lowest BCUT2D eigenvalue weighted by molar-refractivity contribution is 0.0946. The first-order chi connectivity index (χ1) is 8.79. The predicted molar refractivity (Wildman–Crippen MR) is 69.8 cm³/mol. The molecule has 0 aliphatic rings. The first kappa shape index (κ1) is 11.9. The molecule has 0 spiro atoms. The number of terminal acetylenes is 1. The van der Waals surface area contributed by atoms with Gasteiger partial charge in [-0.2, -0.15) is 0 Å². The molecule has 0 bridgehead atoms. The third-order valence-corrected chi connectivity index (χ3v) is 2.46. The van der Waals surface area contributed by atoms with Crippen LogP contribution < -0.4 is 5.32 Å². The van der Waals surface area contributed by atoms with Crippen molar-refractivity contribution in [1.82, 2.24) is 10.3 Å². The average Bonchev–Trinajstić information content (AvgIpc) is 2.46. The summed E-state index contributed by atoms with van der Waals surface area (Å²) >= 11 is 0. The Labute approximate surface area is 106 Å². The summed E-state index contributed by atoms with van der Waals surface area (Å²) in [6.45, 7) is 0.484. The van der Waals surface area contributed by atoms with Crippen LogP contribution in [0.4, 0.5) is 0 Å². The van der Waals surface area contributed by atoms with E-state index in [2.05, 4.69) is 16.2 Å². The second kappa shape index (κ2) is 5.65. The first-order valence-electron chi connectivity index (χ1n) is 5.54. The van der Waals surface area contributed by atoms with Gasteiger partial charge in [-0.05, 0) is 17.7 Å². The second-order valence-corrected chi connectivity index (χ2v) is 3.74. The largest absolute Gasteiger partial charge is 0.347 e. The van der Waals surface area contributed by atoms with Crippen LogP contribution in [0, 0.1) is 12.3 Å². The van der Waals surface area contributed by atoms with Gasteiger partial charge in [-0.25, -0.2) is 4.98 Å². The highest BCUT2D eigenvalue weighted by Crippen LogP contribution is 2.01. The molecule has 1 aromatic heterocycles. The van der Waals surface area contributed by atoms with Crippen molar-refractivity contribution in [2.75, 3.05) is 0 Å². The van der Waals surface area contributed by atoms with Crippen molar-refractivity contribution in [3.63, 3.8) is 0 Å². The lowest BCUT2D eigenvalue weighted by atomic mass is 10.2. The zero-order valence-corrected chi connectivity index (χ0v) is 9.76. The molecule has 1 heterocycles. The molecule has 1 aromatic carbocycles. The summed E-state index contributed by atoms with van der Waals surface area (Å²) in [4.78, 5) is 15.8. The molecule has 0 saturated heterocycles. The summed E-state index contributed by atoms with van der Waals surface area (Å²) in [5.74, 6) is 2.25. The summed E-state index contributed by atoms with van der Waals surface area (Å²) in [5, 5.41) is 2.80. The minimum absolute atomic E-state index is 0.206. The fourth-order valence-electron chi connectivity index (χ4n) is 1.48. The highest BCUT2D eigenvalue weighted by Gasteiger charge is 2.05. The van der Waals surface area contributed by atoms with Crippen molar-refractivity contribution in [3.05, 3.63) is 65.5 Å². The van der Waals surface area contributed by atoms with Gasteiger partial charge in [0.15, 0.2) is 0 Å². The monoisotopic (exact) mass is 236 g/mol. The summed E-state index contributed by atoms with van der Waals surface area (Å²) in [5.41, 5.74) is 2.07. The van der Waals surface area contributed by atoms with Crippen molar-refractivity contribution in [2.45, 2.75) is 6.54 Å². The normalized spacial score (nSPS) is 9.50. The zero-order valence-electron chi connectivity index (χ0n) is 9.76. The van der Waals surface area contributed by atoms with E-state index in [0.29, 0.717) is 17.8 Å². The van der Waals surface area contributed by atoms with E-state index >= 15 is 0 Å². The van der Waals surface area contributed by atoms with Gasteiger partial charge in [-0.1, -0.05) is 36.3 Å². The van der Waals surface area contributed by atoms with Crippen LogP contribution in [0.25, 0.3) is 0 Å². The first-order valence-corrected chi connectivity index (χ1v) is 5.54. The predicted octanol–water partition coefficient (Wildman–Crippen LogP) is 1.99. The Kier molecular flexibility index (Phi) is 3.72. The van der Waals surface area contributed by atoms with Crippen LogP contribution in [-0.4, -0.2) is 10.9 Å². The zero-order chi connectivity index (χ0) is 12.8. The molecule has 3 nitrogen and oxygen atoms in total. The summed E-state index contributed by atoms with van der Waals surface area (Å²) in [6.07, 6.45) is 6.73. The van der Waals surface area contributed by atoms with Crippen LogP contribution in [0.3, 0.4) is 0 Å². The minimum atomic E-state index is -0.206. The molecule has 2 aromatic rings. The molecule has 3 heteroatoms. The van der Waals surface area contributed by atoms with E-state index in [4.69, 9.17) is 6.42 Å². The minimum Gasteiger partial charge on any atom is -0.347 e. The molecule has 0 aliphatic carbocycles. The molecule has 0 aliphatic heterocycles. The van der Waals surface area contributed by atoms with E-state index in [9.17, 15) is 4.79 Å². The van der Waals surface area contributed by atoms with Crippen molar-refractivity contribution in [1.29, 1.82) is 0 Å². The maximum Gasteiger partial charge on any atom is 0.270 e. The highest BCUT2D eigenvalue weighted by molar-refractivity contribution is 5.92. The number of hydrogen-bond donors (Lipinski definition) is 1. The number of nitrogens with zero attached hydrogens (tertiary/aromatic N) is 1. The lowest BCUT2D eigenvalue weighted by Crippen LogP contribution is -2.23. The Balaban J connectivity index is 1.98. The van der Waals surface area contributed by atoms with Crippen LogP contribution in [-0.2, 0) is 6.54 Å². The van der Waals surface area contributed by atoms with Gasteiger partial charge in [0.25, 0.3) is 5.91 Å². The molecule has 18 heavy (non-hydrogen) atoms. The molecule has 0 saturated carbocycles. The van der Waals surface area contributed by atoms with Crippen molar-refractivity contribution < 1.29 is 4.79 Å². The smallest absolute Gasteiger partial charge is 0.270 e. The number of amides is 1. The molecule has 0 atom stereocenters. The van der Waals surface area contributed by atoms with Crippen molar-refractivity contribution >= 4 is 5.91 Å². The topological polar surface area (TPSA) is 42.0 Å². The quantitative estimate of drug-likeness (QED) is 0.828.